The maximum Gasteiger partial charge on any atom is 0.248 e. The lowest BCUT2D eigenvalue weighted by molar-refractivity contribution is -0.111. The molecular weight excluding hydrogens is 294 g/mol. The van der Waals surface area contributed by atoms with Gasteiger partial charge < -0.3 is 27.0 Å². The first-order valence-corrected chi connectivity index (χ1v) is 7.04. The molecule has 0 aromatic heterocycles. The Labute approximate surface area is 134 Å². The lowest BCUT2D eigenvalue weighted by Gasteiger charge is -2.06. The smallest absolute Gasteiger partial charge is 0.248 e. The lowest BCUT2D eigenvalue weighted by Crippen LogP contribution is -2.21. The molecule has 1 amide bonds. The second-order valence-electron chi connectivity index (χ2n) is 5.11. The Balaban J connectivity index is 1.99. The molecule has 1 unspecified atom stereocenters. The molecule has 0 saturated heterocycles. The number of aliphatic hydroxyl groups is 1. The third-order valence-electron chi connectivity index (χ3n) is 3.13. The van der Waals surface area contributed by atoms with Gasteiger partial charge in [0.05, 0.1) is 0 Å². The third-order valence-corrected chi connectivity index (χ3v) is 3.13. The molecule has 0 aliphatic carbocycles. The first kappa shape index (κ1) is 16.5. The molecule has 0 spiro atoms. The molecular formula is C17H19N3O3. The van der Waals surface area contributed by atoms with Crippen LogP contribution in [0.3, 0.4) is 0 Å². The number of aromatic hydroxyl groups is 1. The van der Waals surface area contributed by atoms with Gasteiger partial charge in [-0.1, -0.05) is 12.1 Å². The Morgan fingerprint density at radius 2 is 1.91 bits per heavy atom. The molecule has 6 nitrogen and oxygen atoms in total. The molecule has 2 aromatic carbocycles. The van der Waals surface area contributed by atoms with Crippen molar-refractivity contribution in [2.45, 2.75) is 12.6 Å². The first-order valence-electron chi connectivity index (χ1n) is 7.04. The van der Waals surface area contributed by atoms with Crippen LogP contribution >= 0.6 is 0 Å². The van der Waals surface area contributed by atoms with Gasteiger partial charge in [-0.3, -0.25) is 4.79 Å². The van der Waals surface area contributed by atoms with Crippen LogP contribution in [0.5, 0.6) is 5.75 Å². The van der Waals surface area contributed by atoms with Crippen molar-refractivity contribution in [2.24, 2.45) is 5.73 Å². The van der Waals surface area contributed by atoms with Crippen molar-refractivity contribution in [3.8, 4) is 5.75 Å². The number of hydrogen-bond acceptors (Lipinski definition) is 5. The van der Waals surface area contributed by atoms with Crippen LogP contribution in [0.25, 0.3) is 6.08 Å². The summed E-state index contributed by atoms with van der Waals surface area (Å²) in [6.45, 7) is 0. The Bertz CT molecular complexity index is 710. The van der Waals surface area contributed by atoms with E-state index in [4.69, 9.17) is 16.6 Å². The zero-order chi connectivity index (χ0) is 16.8. The predicted octanol–water partition coefficient (Wildman–Crippen LogP) is 1.45. The van der Waals surface area contributed by atoms with Gasteiger partial charge in [-0.15, -0.1) is 0 Å². The maximum atomic E-state index is 11.9. The van der Waals surface area contributed by atoms with E-state index in [1.54, 1.807) is 36.4 Å². The summed E-state index contributed by atoms with van der Waals surface area (Å²) in [6.07, 6.45) is 2.25. The van der Waals surface area contributed by atoms with Crippen LogP contribution in [0.4, 0.5) is 11.4 Å². The fourth-order valence-corrected chi connectivity index (χ4v) is 2.02. The number of nitrogens with two attached hydrogens (primary N) is 2. The average Bonchev–Trinajstić information content (AvgIpc) is 2.50. The van der Waals surface area contributed by atoms with E-state index in [1.165, 1.54) is 18.2 Å². The van der Waals surface area contributed by atoms with Crippen molar-refractivity contribution in [3.05, 3.63) is 59.7 Å². The third kappa shape index (κ3) is 5.14. The van der Waals surface area contributed by atoms with Gasteiger partial charge in [0.25, 0.3) is 0 Å². The normalized spacial score (nSPS) is 12.3. The number of nitrogens with one attached hydrogen (secondary N) is 1. The number of amides is 1. The van der Waals surface area contributed by atoms with E-state index in [1.807, 2.05) is 0 Å². The van der Waals surface area contributed by atoms with Crippen LogP contribution in [0.15, 0.2) is 48.5 Å². The summed E-state index contributed by atoms with van der Waals surface area (Å²) in [5.74, 6) is -0.286. The topological polar surface area (TPSA) is 122 Å². The molecule has 0 fully saturated rings. The number of phenols is 1. The van der Waals surface area contributed by atoms with Crippen molar-refractivity contribution < 1.29 is 15.0 Å². The number of anilines is 2. The molecule has 1 atom stereocenters. The molecule has 2 rings (SSSR count). The number of phenolic OH excluding ortho intramolecular Hbond substituents is 1. The molecule has 7 N–H and O–H groups in total. The van der Waals surface area contributed by atoms with Gasteiger partial charge in [0.1, 0.15) is 12.0 Å². The van der Waals surface area contributed by atoms with E-state index in [9.17, 15) is 9.90 Å². The Morgan fingerprint density at radius 3 is 2.57 bits per heavy atom. The molecule has 6 heteroatoms. The minimum atomic E-state index is -0.899. The Morgan fingerprint density at radius 1 is 1.22 bits per heavy atom. The minimum Gasteiger partial charge on any atom is -0.507 e. The molecule has 23 heavy (non-hydrogen) atoms. The number of carbonyl (C=O) groups is 1. The molecule has 120 valence electrons. The number of benzene rings is 2. The summed E-state index contributed by atoms with van der Waals surface area (Å²) < 4.78 is 0. The predicted molar refractivity (Wildman–Crippen MR) is 90.5 cm³/mol. The number of aliphatic hydroxyl groups excluding tert-OH is 1. The van der Waals surface area contributed by atoms with E-state index < -0.39 is 6.23 Å². The van der Waals surface area contributed by atoms with Crippen molar-refractivity contribution in [1.29, 1.82) is 0 Å². The van der Waals surface area contributed by atoms with Crippen molar-refractivity contribution in [3.63, 3.8) is 0 Å². The van der Waals surface area contributed by atoms with Crippen molar-refractivity contribution >= 4 is 23.4 Å². The van der Waals surface area contributed by atoms with Gasteiger partial charge in [0, 0.05) is 29.4 Å². The van der Waals surface area contributed by atoms with E-state index in [0.29, 0.717) is 23.4 Å². The quantitative estimate of drug-likeness (QED) is 0.247. The number of rotatable bonds is 5. The highest BCUT2D eigenvalue weighted by molar-refractivity contribution is 6.02. The van der Waals surface area contributed by atoms with Gasteiger partial charge >= 0.3 is 0 Å². The summed E-state index contributed by atoms with van der Waals surface area (Å²) in [5, 5.41) is 21.5. The van der Waals surface area contributed by atoms with Crippen LogP contribution in [-0.4, -0.2) is 22.3 Å². The summed E-state index contributed by atoms with van der Waals surface area (Å²) >= 11 is 0. The van der Waals surface area contributed by atoms with E-state index in [2.05, 4.69) is 5.32 Å². The first-order chi connectivity index (χ1) is 10.9. The van der Waals surface area contributed by atoms with E-state index in [-0.39, 0.29) is 11.7 Å². The molecule has 0 aliphatic rings. The zero-order valence-corrected chi connectivity index (χ0v) is 12.4. The molecule has 0 bridgehead atoms. The molecule has 0 aliphatic heterocycles. The molecule has 0 heterocycles. The Hall–Kier alpha value is -2.83. The second-order valence-corrected chi connectivity index (χ2v) is 5.11. The lowest BCUT2D eigenvalue weighted by atomic mass is 10.1. The van der Waals surface area contributed by atoms with E-state index >= 15 is 0 Å². The molecule has 2 aromatic rings. The largest absolute Gasteiger partial charge is 0.507 e. The fourth-order valence-electron chi connectivity index (χ4n) is 2.02. The second kappa shape index (κ2) is 7.44. The van der Waals surface area contributed by atoms with Gasteiger partial charge in [0.2, 0.25) is 5.91 Å². The van der Waals surface area contributed by atoms with Crippen molar-refractivity contribution in [1.82, 2.24) is 0 Å². The fraction of sp³-hybridized carbons (Fsp3) is 0.118. The summed E-state index contributed by atoms with van der Waals surface area (Å²) in [6, 6.07) is 11.6. The van der Waals surface area contributed by atoms with Gasteiger partial charge in [0.15, 0.2) is 0 Å². The van der Waals surface area contributed by atoms with Gasteiger partial charge in [-0.2, -0.15) is 0 Å². The maximum absolute atomic E-state index is 11.9. The van der Waals surface area contributed by atoms with Gasteiger partial charge in [-0.25, -0.2) is 0 Å². The van der Waals surface area contributed by atoms with Crippen molar-refractivity contribution in [2.75, 3.05) is 11.1 Å². The summed E-state index contributed by atoms with van der Waals surface area (Å²) in [5.41, 5.74) is 13.4. The monoisotopic (exact) mass is 313 g/mol. The van der Waals surface area contributed by atoms with Crippen LogP contribution in [-0.2, 0) is 11.2 Å². The molecule has 0 saturated carbocycles. The average molecular weight is 313 g/mol. The van der Waals surface area contributed by atoms with Crippen LogP contribution in [0.1, 0.15) is 11.1 Å². The summed E-state index contributed by atoms with van der Waals surface area (Å²) in [7, 11) is 0. The summed E-state index contributed by atoms with van der Waals surface area (Å²) in [4.78, 5) is 11.9. The SMILES string of the molecule is Nc1ccc(O)c(C=CC(=O)Nc2ccc(CC(N)O)cc2)c1. The van der Waals surface area contributed by atoms with Crippen LogP contribution in [0.2, 0.25) is 0 Å². The highest BCUT2D eigenvalue weighted by Crippen LogP contribution is 2.21. The number of carbonyl (C=O) groups excluding carboxylic acids is 1. The van der Waals surface area contributed by atoms with Gasteiger partial charge in [-0.05, 0) is 42.0 Å². The Kier molecular flexibility index (Phi) is 5.35. The zero-order valence-electron chi connectivity index (χ0n) is 12.4. The number of hydrogen-bond donors (Lipinski definition) is 5. The standard InChI is InChI=1S/C17H19N3O3/c18-13-4-7-15(21)12(10-13)3-8-17(23)20-14-5-1-11(2-6-14)9-16(19)22/h1-8,10,16,21-22H,9,18-19H2,(H,20,23). The highest BCUT2D eigenvalue weighted by atomic mass is 16.3. The highest BCUT2D eigenvalue weighted by Gasteiger charge is 2.02. The number of nitrogen functional groups attached to an aromatic ring is 1. The van der Waals surface area contributed by atoms with Crippen LogP contribution in [0, 0.1) is 0 Å². The van der Waals surface area contributed by atoms with E-state index in [0.717, 1.165) is 5.56 Å². The van der Waals surface area contributed by atoms with Crippen LogP contribution < -0.4 is 16.8 Å². The minimum absolute atomic E-state index is 0.0490. The molecule has 0 radical (unpaired) electrons.